The maximum atomic E-state index is 12.0. The topological polar surface area (TPSA) is 45.5 Å². The fourth-order valence-corrected chi connectivity index (χ4v) is 2.68. The number of hydrogen-bond donors (Lipinski definition) is 1. The van der Waals surface area contributed by atoms with Gasteiger partial charge in [0.1, 0.15) is 5.76 Å². The first kappa shape index (κ1) is 17.6. The van der Waals surface area contributed by atoms with Crippen LogP contribution in [0.2, 0.25) is 5.02 Å². The van der Waals surface area contributed by atoms with Crippen molar-refractivity contribution in [2.45, 2.75) is 25.3 Å². The van der Waals surface area contributed by atoms with Crippen LogP contribution >= 0.6 is 11.6 Å². The predicted octanol–water partition coefficient (Wildman–Crippen LogP) is 3.67. The molecule has 4 nitrogen and oxygen atoms in total. The first-order valence-electron chi connectivity index (χ1n) is 7.77. The number of halogens is 1. The van der Waals surface area contributed by atoms with Gasteiger partial charge in [-0.2, -0.15) is 0 Å². The number of aryl methyl sites for hydroxylation is 1. The highest BCUT2D eigenvalue weighted by Crippen LogP contribution is 2.17. The second kappa shape index (κ2) is 8.75. The quantitative estimate of drug-likeness (QED) is 0.801. The van der Waals surface area contributed by atoms with E-state index in [4.69, 9.17) is 16.0 Å². The Morgan fingerprint density at radius 3 is 2.78 bits per heavy atom. The molecule has 5 heteroatoms. The van der Waals surface area contributed by atoms with Crippen molar-refractivity contribution in [2.24, 2.45) is 0 Å². The zero-order chi connectivity index (χ0) is 16.7. The lowest BCUT2D eigenvalue weighted by atomic mass is 10.1. The first-order valence-corrected chi connectivity index (χ1v) is 8.15. The van der Waals surface area contributed by atoms with Gasteiger partial charge in [-0.1, -0.05) is 23.7 Å². The lowest BCUT2D eigenvalue weighted by molar-refractivity contribution is -0.121. The molecule has 0 saturated heterocycles. The van der Waals surface area contributed by atoms with Crippen LogP contribution in [0.1, 0.15) is 30.2 Å². The number of furan rings is 1. The molecule has 1 unspecified atom stereocenters. The summed E-state index contributed by atoms with van der Waals surface area (Å²) in [6, 6.07) is 11.6. The standard InChI is InChI=1S/C18H23ClN2O2/c1-21(2)16(17-9-5-11-23-17)13-20-18(22)10-4-7-14-6-3-8-15(19)12-14/h3,5-6,8-9,11-12,16H,4,7,10,13H2,1-2H3,(H,20,22). The second-order valence-electron chi connectivity index (χ2n) is 5.78. The van der Waals surface area contributed by atoms with E-state index in [2.05, 4.69) is 5.32 Å². The van der Waals surface area contributed by atoms with Crippen LogP contribution in [0.3, 0.4) is 0 Å². The molecule has 2 rings (SSSR count). The fraction of sp³-hybridized carbons (Fsp3) is 0.389. The average Bonchev–Trinajstić information content (AvgIpc) is 3.01. The third-order valence-corrected chi connectivity index (χ3v) is 3.98. The number of benzene rings is 1. The normalized spacial score (nSPS) is 12.3. The lowest BCUT2D eigenvalue weighted by Crippen LogP contribution is -2.34. The number of rotatable bonds is 8. The molecule has 0 aliphatic carbocycles. The van der Waals surface area contributed by atoms with Crippen LogP contribution in [0.15, 0.2) is 47.1 Å². The molecule has 0 saturated carbocycles. The van der Waals surface area contributed by atoms with E-state index in [1.807, 2.05) is 55.4 Å². The molecule has 1 aromatic carbocycles. The largest absolute Gasteiger partial charge is 0.468 e. The molecule has 2 aromatic rings. The van der Waals surface area contributed by atoms with Crippen LogP contribution in [-0.4, -0.2) is 31.4 Å². The lowest BCUT2D eigenvalue weighted by Gasteiger charge is -2.22. The van der Waals surface area contributed by atoms with Gasteiger partial charge < -0.3 is 9.73 Å². The van der Waals surface area contributed by atoms with E-state index >= 15 is 0 Å². The van der Waals surface area contributed by atoms with Gasteiger partial charge in [-0.05, 0) is 56.8 Å². The maximum absolute atomic E-state index is 12.0. The fourth-order valence-electron chi connectivity index (χ4n) is 2.46. The van der Waals surface area contributed by atoms with Gasteiger partial charge in [0.05, 0.1) is 12.3 Å². The Hall–Kier alpha value is -1.78. The van der Waals surface area contributed by atoms with Crippen LogP contribution in [0, 0.1) is 0 Å². The molecule has 0 spiro atoms. The summed E-state index contributed by atoms with van der Waals surface area (Å²) in [6.07, 6.45) is 3.81. The zero-order valence-electron chi connectivity index (χ0n) is 13.6. The highest BCUT2D eigenvalue weighted by molar-refractivity contribution is 6.30. The van der Waals surface area contributed by atoms with E-state index in [1.165, 1.54) is 0 Å². The third-order valence-electron chi connectivity index (χ3n) is 3.75. The van der Waals surface area contributed by atoms with E-state index in [9.17, 15) is 4.79 Å². The minimum Gasteiger partial charge on any atom is -0.468 e. The van der Waals surface area contributed by atoms with E-state index in [1.54, 1.807) is 6.26 Å². The Bertz CT molecular complexity index is 611. The van der Waals surface area contributed by atoms with Gasteiger partial charge in [0.15, 0.2) is 0 Å². The predicted molar refractivity (Wildman–Crippen MR) is 92.5 cm³/mol. The summed E-state index contributed by atoms with van der Waals surface area (Å²) in [5.74, 6) is 0.916. The summed E-state index contributed by atoms with van der Waals surface area (Å²) in [7, 11) is 3.94. The smallest absolute Gasteiger partial charge is 0.220 e. The van der Waals surface area contributed by atoms with E-state index in [0.29, 0.717) is 13.0 Å². The number of amides is 1. The van der Waals surface area contributed by atoms with E-state index < -0.39 is 0 Å². The van der Waals surface area contributed by atoms with Crippen LogP contribution in [-0.2, 0) is 11.2 Å². The van der Waals surface area contributed by atoms with Crippen molar-refractivity contribution in [1.82, 2.24) is 10.2 Å². The Kier molecular flexibility index (Phi) is 6.68. The molecule has 124 valence electrons. The Morgan fingerprint density at radius 2 is 2.13 bits per heavy atom. The van der Waals surface area contributed by atoms with Crippen LogP contribution < -0.4 is 5.32 Å². The number of likely N-dealkylation sites (N-methyl/N-ethyl adjacent to an activating group) is 1. The van der Waals surface area contributed by atoms with Gasteiger partial charge in [0, 0.05) is 18.0 Å². The monoisotopic (exact) mass is 334 g/mol. The summed E-state index contributed by atoms with van der Waals surface area (Å²) in [5, 5.41) is 3.72. The molecule has 0 aliphatic rings. The van der Waals surface area contributed by atoms with Crippen molar-refractivity contribution >= 4 is 17.5 Å². The number of nitrogens with one attached hydrogen (secondary N) is 1. The van der Waals surface area contributed by atoms with Crippen LogP contribution in [0.4, 0.5) is 0 Å². The third kappa shape index (κ3) is 5.73. The highest BCUT2D eigenvalue weighted by atomic mass is 35.5. The van der Waals surface area contributed by atoms with E-state index in [-0.39, 0.29) is 11.9 Å². The Morgan fingerprint density at radius 1 is 1.30 bits per heavy atom. The van der Waals surface area contributed by atoms with Crippen molar-refractivity contribution in [3.63, 3.8) is 0 Å². The van der Waals surface area contributed by atoms with Crippen molar-refractivity contribution < 1.29 is 9.21 Å². The average molecular weight is 335 g/mol. The number of nitrogens with zero attached hydrogens (tertiary/aromatic N) is 1. The van der Waals surface area contributed by atoms with E-state index in [0.717, 1.165) is 29.2 Å². The summed E-state index contributed by atoms with van der Waals surface area (Å²) >= 11 is 5.96. The highest BCUT2D eigenvalue weighted by Gasteiger charge is 2.17. The van der Waals surface area contributed by atoms with Gasteiger partial charge in [0.25, 0.3) is 0 Å². The molecule has 1 atom stereocenters. The van der Waals surface area contributed by atoms with Gasteiger partial charge >= 0.3 is 0 Å². The molecule has 1 N–H and O–H groups in total. The minimum atomic E-state index is 0.0434. The second-order valence-corrected chi connectivity index (χ2v) is 6.22. The summed E-state index contributed by atoms with van der Waals surface area (Å²) in [6.45, 7) is 0.538. The zero-order valence-corrected chi connectivity index (χ0v) is 14.3. The molecular formula is C18H23ClN2O2. The minimum absolute atomic E-state index is 0.0434. The number of carbonyl (C=O) groups is 1. The van der Waals surface area contributed by atoms with Gasteiger partial charge in [0.2, 0.25) is 5.91 Å². The van der Waals surface area contributed by atoms with Gasteiger partial charge in [-0.3, -0.25) is 9.69 Å². The molecule has 23 heavy (non-hydrogen) atoms. The van der Waals surface area contributed by atoms with Crippen LogP contribution in [0.5, 0.6) is 0 Å². The molecule has 0 bridgehead atoms. The number of carbonyl (C=O) groups excluding carboxylic acids is 1. The molecular weight excluding hydrogens is 312 g/mol. The van der Waals surface area contributed by atoms with Crippen molar-refractivity contribution in [2.75, 3.05) is 20.6 Å². The van der Waals surface area contributed by atoms with Crippen molar-refractivity contribution in [3.8, 4) is 0 Å². The molecule has 1 heterocycles. The summed E-state index contributed by atoms with van der Waals surface area (Å²) < 4.78 is 5.43. The van der Waals surface area contributed by atoms with Gasteiger partial charge in [-0.25, -0.2) is 0 Å². The molecule has 1 amide bonds. The SMILES string of the molecule is CN(C)C(CNC(=O)CCCc1cccc(Cl)c1)c1ccco1. The Labute approximate surface area is 142 Å². The number of hydrogen-bond acceptors (Lipinski definition) is 3. The van der Waals surface area contributed by atoms with Crippen molar-refractivity contribution in [1.29, 1.82) is 0 Å². The summed E-state index contributed by atoms with van der Waals surface area (Å²) in [5.41, 5.74) is 1.16. The first-order chi connectivity index (χ1) is 11.1. The molecule has 0 radical (unpaired) electrons. The maximum Gasteiger partial charge on any atom is 0.220 e. The Balaban J connectivity index is 1.74. The van der Waals surface area contributed by atoms with Crippen LogP contribution in [0.25, 0.3) is 0 Å². The van der Waals surface area contributed by atoms with Crippen molar-refractivity contribution in [3.05, 3.63) is 59.0 Å². The molecule has 0 fully saturated rings. The summed E-state index contributed by atoms with van der Waals surface area (Å²) in [4.78, 5) is 14.0. The van der Waals surface area contributed by atoms with Gasteiger partial charge in [-0.15, -0.1) is 0 Å². The molecule has 0 aliphatic heterocycles. The molecule has 1 aromatic heterocycles.